The number of nitrogens with zero attached hydrogens (tertiary/aromatic N) is 2. The normalized spacial score (nSPS) is 10.6. The molecule has 0 unspecified atom stereocenters. The first-order chi connectivity index (χ1) is 15.0. The average molecular weight is 484 g/mol. The number of carbonyl (C=O) groups excluding carboxylic acids is 1. The Hall–Kier alpha value is -3.72. The van der Waals surface area contributed by atoms with Crippen LogP contribution < -0.4 is 14.9 Å². The number of amides is 1. The fourth-order valence-electron chi connectivity index (χ4n) is 2.67. The van der Waals surface area contributed by atoms with Gasteiger partial charge in [-0.3, -0.25) is 14.9 Å². The number of hydrazone groups is 1. The summed E-state index contributed by atoms with van der Waals surface area (Å²) in [6, 6.07) is 18.3. The van der Waals surface area contributed by atoms with Gasteiger partial charge in [-0.2, -0.15) is 5.10 Å². The van der Waals surface area contributed by atoms with E-state index in [1.165, 1.54) is 25.5 Å². The summed E-state index contributed by atoms with van der Waals surface area (Å²) in [6.07, 6.45) is 1.46. The fraction of sp³-hybridized carbons (Fsp3) is 0.0909. The van der Waals surface area contributed by atoms with Crippen molar-refractivity contribution in [2.75, 3.05) is 7.11 Å². The Balaban J connectivity index is 1.73. The van der Waals surface area contributed by atoms with E-state index >= 15 is 0 Å². The first kappa shape index (κ1) is 22.0. The highest BCUT2D eigenvalue weighted by molar-refractivity contribution is 9.10. The van der Waals surface area contributed by atoms with Crippen molar-refractivity contribution in [1.29, 1.82) is 0 Å². The number of rotatable bonds is 8. The summed E-state index contributed by atoms with van der Waals surface area (Å²) >= 11 is 3.33. The maximum atomic E-state index is 12.2. The quantitative estimate of drug-likeness (QED) is 0.284. The van der Waals surface area contributed by atoms with Gasteiger partial charge in [0.05, 0.1) is 18.2 Å². The summed E-state index contributed by atoms with van der Waals surface area (Å²) in [5.74, 6) is 0.571. The molecule has 3 rings (SSSR count). The minimum Gasteiger partial charge on any atom is -0.493 e. The van der Waals surface area contributed by atoms with Crippen LogP contribution in [0, 0.1) is 10.1 Å². The van der Waals surface area contributed by atoms with Crippen LogP contribution in [-0.2, 0) is 6.61 Å². The zero-order chi connectivity index (χ0) is 22.2. The van der Waals surface area contributed by atoms with Gasteiger partial charge in [0.25, 0.3) is 11.6 Å². The lowest BCUT2D eigenvalue weighted by atomic mass is 10.2. The average Bonchev–Trinajstić information content (AvgIpc) is 2.78. The Morgan fingerprint density at radius 1 is 1.16 bits per heavy atom. The number of benzene rings is 3. The van der Waals surface area contributed by atoms with Gasteiger partial charge in [-0.25, -0.2) is 5.43 Å². The van der Waals surface area contributed by atoms with Crippen molar-refractivity contribution < 1.29 is 19.2 Å². The van der Waals surface area contributed by atoms with E-state index in [4.69, 9.17) is 9.47 Å². The molecule has 0 aliphatic carbocycles. The SMILES string of the molecule is COc1cccc(/C=N/NC(=O)c2cccc(Br)c2)c1OCc1ccc([N+](=O)[O-])cc1. The zero-order valence-electron chi connectivity index (χ0n) is 16.4. The smallest absolute Gasteiger partial charge is 0.271 e. The summed E-state index contributed by atoms with van der Waals surface area (Å²) < 4.78 is 12.1. The second-order valence-corrected chi connectivity index (χ2v) is 7.22. The van der Waals surface area contributed by atoms with E-state index in [0.29, 0.717) is 22.6 Å². The molecule has 0 aromatic heterocycles. The molecule has 9 heteroatoms. The third-order valence-corrected chi connectivity index (χ3v) is 4.71. The highest BCUT2D eigenvalue weighted by atomic mass is 79.9. The first-order valence-corrected chi connectivity index (χ1v) is 9.89. The van der Waals surface area contributed by atoms with Crippen LogP contribution in [0.4, 0.5) is 5.69 Å². The lowest BCUT2D eigenvalue weighted by Gasteiger charge is -2.13. The minimum atomic E-state index is -0.456. The Labute approximate surface area is 186 Å². The Kier molecular flexibility index (Phi) is 7.34. The van der Waals surface area contributed by atoms with Gasteiger partial charge in [-0.1, -0.05) is 28.1 Å². The standard InChI is InChI=1S/C22H18BrN3O5/c1-30-20-7-3-5-17(13-24-25-22(27)16-4-2-6-18(23)12-16)21(20)31-14-15-8-10-19(11-9-15)26(28)29/h2-13H,14H2,1H3,(H,25,27)/b24-13+. The molecule has 31 heavy (non-hydrogen) atoms. The predicted molar refractivity (Wildman–Crippen MR) is 120 cm³/mol. The second-order valence-electron chi connectivity index (χ2n) is 6.30. The number of hydrogen-bond donors (Lipinski definition) is 1. The van der Waals surface area contributed by atoms with Gasteiger partial charge in [0.1, 0.15) is 6.61 Å². The van der Waals surface area contributed by atoms with Crippen LogP contribution >= 0.6 is 15.9 Å². The fourth-order valence-corrected chi connectivity index (χ4v) is 3.07. The van der Waals surface area contributed by atoms with E-state index in [-0.39, 0.29) is 18.2 Å². The maximum Gasteiger partial charge on any atom is 0.271 e. The summed E-state index contributed by atoms with van der Waals surface area (Å²) in [6.45, 7) is 0.170. The molecule has 0 saturated heterocycles. The number of nitrogens with one attached hydrogen (secondary N) is 1. The maximum absolute atomic E-state index is 12.2. The topological polar surface area (TPSA) is 103 Å². The molecular formula is C22H18BrN3O5. The van der Waals surface area contributed by atoms with Gasteiger partial charge >= 0.3 is 0 Å². The lowest BCUT2D eigenvalue weighted by molar-refractivity contribution is -0.384. The van der Waals surface area contributed by atoms with Gasteiger partial charge in [0.15, 0.2) is 11.5 Å². The highest BCUT2D eigenvalue weighted by Gasteiger charge is 2.11. The molecule has 0 aliphatic heterocycles. The minimum absolute atomic E-state index is 0.00931. The number of methoxy groups -OCH3 is 1. The van der Waals surface area contributed by atoms with Crippen LogP contribution in [-0.4, -0.2) is 24.2 Å². The molecule has 158 valence electrons. The second kappa shape index (κ2) is 10.4. The van der Waals surface area contributed by atoms with Crippen molar-refractivity contribution in [2.45, 2.75) is 6.61 Å². The Bertz CT molecular complexity index is 1120. The van der Waals surface area contributed by atoms with Crippen LogP contribution in [0.25, 0.3) is 0 Å². The molecule has 0 aliphatic rings. The molecular weight excluding hydrogens is 466 g/mol. The molecule has 0 saturated carbocycles. The zero-order valence-corrected chi connectivity index (χ0v) is 18.0. The summed E-state index contributed by atoms with van der Waals surface area (Å²) in [5, 5.41) is 14.8. The Morgan fingerprint density at radius 2 is 1.90 bits per heavy atom. The molecule has 0 radical (unpaired) electrons. The largest absolute Gasteiger partial charge is 0.493 e. The number of non-ortho nitro benzene ring substituents is 1. The Morgan fingerprint density at radius 3 is 2.58 bits per heavy atom. The molecule has 0 fully saturated rings. The lowest BCUT2D eigenvalue weighted by Crippen LogP contribution is -2.17. The van der Waals surface area contributed by atoms with E-state index in [0.717, 1.165) is 10.0 Å². The van der Waals surface area contributed by atoms with Gasteiger partial charge in [-0.15, -0.1) is 0 Å². The molecule has 0 spiro atoms. The van der Waals surface area contributed by atoms with Crippen LogP contribution in [0.15, 0.2) is 76.3 Å². The van der Waals surface area contributed by atoms with Crippen molar-refractivity contribution in [3.8, 4) is 11.5 Å². The van der Waals surface area contributed by atoms with Gasteiger partial charge in [-0.05, 0) is 48.0 Å². The van der Waals surface area contributed by atoms with Crippen molar-refractivity contribution in [2.24, 2.45) is 5.10 Å². The molecule has 0 atom stereocenters. The number of ether oxygens (including phenoxy) is 2. The summed E-state index contributed by atoms with van der Waals surface area (Å²) in [7, 11) is 1.52. The molecule has 1 amide bonds. The third-order valence-electron chi connectivity index (χ3n) is 4.22. The van der Waals surface area contributed by atoms with Gasteiger partial charge in [0, 0.05) is 27.7 Å². The monoisotopic (exact) mass is 483 g/mol. The highest BCUT2D eigenvalue weighted by Crippen LogP contribution is 2.31. The number of hydrogen-bond acceptors (Lipinski definition) is 6. The molecule has 3 aromatic rings. The van der Waals surface area contributed by atoms with Gasteiger partial charge < -0.3 is 9.47 Å². The predicted octanol–water partition coefficient (Wildman–Crippen LogP) is 4.71. The molecule has 0 heterocycles. The summed E-state index contributed by atoms with van der Waals surface area (Å²) in [5.41, 5.74) is 4.30. The number of nitro benzene ring substituents is 1. The number of carbonyl (C=O) groups is 1. The van der Waals surface area contributed by atoms with Crippen LogP contribution in [0.5, 0.6) is 11.5 Å². The number of para-hydroxylation sites is 1. The first-order valence-electron chi connectivity index (χ1n) is 9.10. The van der Waals surface area contributed by atoms with Crippen molar-refractivity contribution in [3.63, 3.8) is 0 Å². The van der Waals surface area contributed by atoms with Crippen molar-refractivity contribution >= 4 is 33.7 Å². The van der Waals surface area contributed by atoms with E-state index < -0.39 is 4.92 Å². The molecule has 0 bridgehead atoms. The van der Waals surface area contributed by atoms with Crippen LogP contribution in [0.3, 0.4) is 0 Å². The van der Waals surface area contributed by atoms with Crippen LogP contribution in [0.2, 0.25) is 0 Å². The van der Waals surface area contributed by atoms with E-state index in [2.05, 4.69) is 26.5 Å². The van der Waals surface area contributed by atoms with E-state index in [1.54, 1.807) is 48.5 Å². The van der Waals surface area contributed by atoms with Crippen LogP contribution in [0.1, 0.15) is 21.5 Å². The van der Waals surface area contributed by atoms with Crippen molar-refractivity contribution in [1.82, 2.24) is 5.43 Å². The van der Waals surface area contributed by atoms with Gasteiger partial charge in [0.2, 0.25) is 0 Å². The van der Waals surface area contributed by atoms with E-state index in [9.17, 15) is 14.9 Å². The number of nitro groups is 1. The molecule has 1 N–H and O–H groups in total. The molecule has 3 aromatic carbocycles. The van der Waals surface area contributed by atoms with Crippen molar-refractivity contribution in [3.05, 3.63) is 98.0 Å². The van der Waals surface area contributed by atoms with E-state index in [1.807, 2.05) is 6.07 Å². The third kappa shape index (κ3) is 5.89. The summed E-state index contributed by atoms with van der Waals surface area (Å²) in [4.78, 5) is 22.6. The number of halogens is 1. The molecule has 8 nitrogen and oxygen atoms in total.